The first-order valence-corrected chi connectivity index (χ1v) is 10.8. The Bertz CT molecular complexity index is 1330. The number of anilines is 1. The molecule has 2 aliphatic carbocycles. The molecule has 2 aromatic heterocycles. The molecule has 31 heavy (non-hydrogen) atoms. The number of nitrogens with two attached hydrogens (primary N) is 1. The second kappa shape index (κ2) is 6.29. The van der Waals surface area contributed by atoms with Crippen LogP contribution < -0.4 is 21.9 Å². The third-order valence-electron chi connectivity index (χ3n) is 7.22. The fourth-order valence-electron chi connectivity index (χ4n) is 5.24. The minimum atomic E-state index is -0.720. The van der Waals surface area contributed by atoms with E-state index in [0.717, 1.165) is 50.8 Å². The standard InChI is InChI=1S/C22H24FN5O3/c1-11-18-14(8-16(23)19(11)27-7-4-12(10-27)22(24)5-6-22)15(20-25-26-21(30)31-20)9-17(29)28(18)13-2-3-13/h8-9,12-13H,2-7,10,24H2,1H3,(H,26,30). The lowest BCUT2D eigenvalue weighted by atomic mass is 9.97. The Kier molecular flexibility index (Phi) is 3.81. The van der Waals surface area contributed by atoms with Crippen LogP contribution >= 0.6 is 0 Å². The molecular weight excluding hydrogens is 401 g/mol. The number of rotatable bonds is 4. The summed E-state index contributed by atoms with van der Waals surface area (Å²) in [5.74, 6) is -0.728. The Balaban J connectivity index is 1.57. The van der Waals surface area contributed by atoms with Crippen LogP contribution in [-0.2, 0) is 0 Å². The van der Waals surface area contributed by atoms with E-state index in [9.17, 15) is 9.59 Å². The van der Waals surface area contributed by atoms with Crippen molar-refractivity contribution in [1.29, 1.82) is 0 Å². The van der Waals surface area contributed by atoms with Gasteiger partial charge in [-0.1, -0.05) is 0 Å². The summed E-state index contributed by atoms with van der Waals surface area (Å²) in [6.07, 6.45) is 4.84. The van der Waals surface area contributed by atoms with Gasteiger partial charge in [0.1, 0.15) is 5.82 Å². The van der Waals surface area contributed by atoms with Crippen LogP contribution in [0.25, 0.3) is 22.4 Å². The van der Waals surface area contributed by atoms with Gasteiger partial charge >= 0.3 is 5.76 Å². The molecule has 6 rings (SSSR count). The van der Waals surface area contributed by atoms with Crippen LogP contribution in [-0.4, -0.2) is 33.4 Å². The number of hydrogen-bond donors (Lipinski definition) is 2. The fourth-order valence-corrected chi connectivity index (χ4v) is 5.24. The highest BCUT2D eigenvalue weighted by Gasteiger charge is 2.48. The van der Waals surface area contributed by atoms with Crippen molar-refractivity contribution in [1.82, 2.24) is 14.8 Å². The van der Waals surface area contributed by atoms with E-state index in [4.69, 9.17) is 10.2 Å². The second-order valence-electron chi connectivity index (χ2n) is 9.31. The van der Waals surface area contributed by atoms with Crippen LogP contribution in [0.1, 0.15) is 43.7 Å². The van der Waals surface area contributed by atoms with E-state index in [0.29, 0.717) is 28.1 Å². The minimum absolute atomic E-state index is 0.0124. The highest BCUT2D eigenvalue weighted by molar-refractivity contribution is 5.97. The van der Waals surface area contributed by atoms with Gasteiger partial charge in [0.25, 0.3) is 5.56 Å². The predicted octanol–water partition coefficient (Wildman–Crippen LogP) is 2.44. The Morgan fingerprint density at radius 3 is 2.68 bits per heavy atom. The average Bonchev–Trinajstić information content (AvgIpc) is 3.61. The Labute approximate surface area is 176 Å². The third kappa shape index (κ3) is 2.86. The van der Waals surface area contributed by atoms with E-state index in [-0.39, 0.29) is 28.8 Å². The normalized spacial score (nSPS) is 22.4. The third-order valence-corrected chi connectivity index (χ3v) is 7.22. The number of halogens is 1. The van der Waals surface area contributed by atoms with Gasteiger partial charge in [-0.3, -0.25) is 4.79 Å². The number of H-pyrrole nitrogens is 1. The molecule has 1 aromatic carbocycles. The van der Waals surface area contributed by atoms with E-state index in [1.807, 2.05) is 6.92 Å². The number of nitrogens with one attached hydrogen (secondary N) is 1. The van der Waals surface area contributed by atoms with Crippen LogP contribution in [0.15, 0.2) is 26.1 Å². The number of hydrogen-bond acceptors (Lipinski definition) is 6. The maximum absolute atomic E-state index is 15.5. The van der Waals surface area contributed by atoms with Gasteiger partial charge in [-0.2, -0.15) is 0 Å². The van der Waals surface area contributed by atoms with Crippen LogP contribution in [0, 0.1) is 18.7 Å². The van der Waals surface area contributed by atoms with Gasteiger partial charge in [-0.15, -0.1) is 5.10 Å². The van der Waals surface area contributed by atoms with Gasteiger partial charge in [-0.25, -0.2) is 14.3 Å². The van der Waals surface area contributed by atoms with Crippen molar-refractivity contribution in [3.05, 3.63) is 44.4 Å². The SMILES string of the molecule is Cc1c(N2CCC(C3(N)CC3)C2)c(F)cc2c(-c3n[nH]c(=O)o3)cc(=O)n(C3CC3)c12. The molecule has 162 valence electrons. The van der Waals surface area contributed by atoms with Crippen LogP contribution in [0.4, 0.5) is 10.1 Å². The number of pyridine rings is 1. The molecule has 3 fully saturated rings. The van der Waals surface area contributed by atoms with Gasteiger partial charge in [0.05, 0.1) is 16.8 Å². The van der Waals surface area contributed by atoms with Crippen molar-refractivity contribution in [3.63, 3.8) is 0 Å². The first-order chi connectivity index (χ1) is 14.9. The summed E-state index contributed by atoms with van der Waals surface area (Å²) in [5.41, 5.74) is 8.39. The van der Waals surface area contributed by atoms with Gasteiger partial charge in [0.2, 0.25) is 5.89 Å². The molecule has 3 heterocycles. The molecule has 1 unspecified atom stereocenters. The van der Waals surface area contributed by atoms with Crippen molar-refractivity contribution >= 4 is 16.6 Å². The summed E-state index contributed by atoms with van der Waals surface area (Å²) in [6, 6.07) is 2.94. The molecule has 3 N–H and O–H groups in total. The maximum Gasteiger partial charge on any atom is 0.434 e. The number of aromatic nitrogens is 3. The van der Waals surface area contributed by atoms with Gasteiger partial charge in [0.15, 0.2) is 0 Å². The number of benzene rings is 1. The monoisotopic (exact) mass is 425 g/mol. The van der Waals surface area contributed by atoms with Crippen LogP contribution in [0.2, 0.25) is 0 Å². The van der Waals surface area contributed by atoms with E-state index in [1.165, 1.54) is 12.1 Å². The van der Waals surface area contributed by atoms with Crippen molar-refractivity contribution < 1.29 is 8.81 Å². The van der Waals surface area contributed by atoms with E-state index in [2.05, 4.69) is 15.1 Å². The van der Waals surface area contributed by atoms with Crippen molar-refractivity contribution in [3.8, 4) is 11.5 Å². The zero-order valence-electron chi connectivity index (χ0n) is 17.3. The second-order valence-corrected chi connectivity index (χ2v) is 9.31. The largest absolute Gasteiger partial charge is 0.434 e. The smallest absolute Gasteiger partial charge is 0.388 e. The number of aromatic amines is 1. The molecule has 3 aliphatic rings. The topological polar surface area (TPSA) is 110 Å². The molecule has 0 spiro atoms. The summed E-state index contributed by atoms with van der Waals surface area (Å²) < 4.78 is 22.4. The first-order valence-electron chi connectivity index (χ1n) is 10.8. The fraction of sp³-hybridized carbons (Fsp3) is 0.500. The van der Waals surface area contributed by atoms with Crippen LogP contribution in [0.5, 0.6) is 0 Å². The minimum Gasteiger partial charge on any atom is -0.388 e. The lowest BCUT2D eigenvalue weighted by Crippen LogP contribution is -2.35. The lowest BCUT2D eigenvalue weighted by molar-refractivity contribution is 0.442. The zero-order chi connectivity index (χ0) is 21.5. The number of nitrogens with zero attached hydrogens (tertiary/aromatic N) is 3. The average molecular weight is 425 g/mol. The van der Waals surface area contributed by atoms with E-state index < -0.39 is 5.76 Å². The van der Waals surface area contributed by atoms with E-state index in [1.54, 1.807) is 4.57 Å². The summed E-state index contributed by atoms with van der Waals surface area (Å²) in [6.45, 7) is 3.34. The highest BCUT2D eigenvalue weighted by Crippen LogP contribution is 2.46. The van der Waals surface area contributed by atoms with Crippen molar-refractivity contribution in [2.45, 2.75) is 50.6 Å². The molecule has 1 atom stereocenters. The molecule has 3 aromatic rings. The molecule has 0 bridgehead atoms. The lowest BCUT2D eigenvalue weighted by Gasteiger charge is -2.25. The van der Waals surface area contributed by atoms with Crippen LogP contribution in [0.3, 0.4) is 0 Å². The van der Waals surface area contributed by atoms with E-state index >= 15 is 4.39 Å². The predicted molar refractivity (Wildman–Crippen MR) is 114 cm³/mol. The number of fused-ring (bicyclic) bond motifs is 1. The van der Waals surface area contributed by atoms with Crippen molar-refractivity contribution in [2.24, 2.45) is 11.7 Å². The quantitative estimate of drug-likeness (QED) is 0.664. The Morgan fingerprint density at radius 1 is 1.26 bits per heavy atom. The van der Waals surface area contributed by atoms with Gasteiger partial charge in [0, 0.05) is 36.1 Å². The summed E-state index contributed by atoms with van der Waals surface area (Å²) in [7, 11) is 0. The molecule has 0 radical (unpaired) electrons. The summed E-state index contributed by atoms with van der Waals surface area (Å²) >= 11 is 0. The summed E-state index contributed by atoms with van der Waals surface area (Å²) in [5, 5.41) is 6.61. The molecule has 2 saturated carbocycles. The Morgan fingerprint density at radius 2 is 2.03 bits per heavy atom. The Hall–Kier alpha value is -2.94. The maximum atomic E-state index is 15.5. The van der Waals surface area contributed by atoms with Gasteiger partial charge in [-0.05, 0) is 56.6 Å². The molecular formula is C22H24FN5O3. The molecule has 0 amide bonds. The first kappa shape index (κ1) is 18.8. The molecule has 1 saturated heterocycles. The molecule has 8 nitrogen and oxygen atoms in total. The summed E-state index contributed by atoms with van der Waals surface area (Å²) in [4.78, 5) is 26.6. The van der Waals surface area contributed by atoms with Crippen molar-refractivity contribution in [2.75, 3.05) is 18.0 Å². The number of aryl methyl sites for hydroxylation is 1. The van der Waals surface area contributed by atoms with Gasteiger partial charge < -0.3 is 19.6 Å². The zero-order valence-corrected chi connectivity index (χ0v) is 17.3. The molecule has 1 aliphatic heterocycles. The highest BCUT2D eigenvalue weighted by atomic mass is 19.1. The molecule has 9 heteroatoms.